The molecule has 0 radical (unpaired) electrons. The highest BCUT2D eigenvalue weighted by molar-refractivity contribution is 5.97. The van der Waals surface area contributed by atoms with Crippen molar-refractivity contribution in [2.24, 2.45) is 0 Å². The molecular weight excluding hydrogens is 236 g/mol. The molecule has 0 fully saturated rings. The van der Waals surface area contributed by atoms with E-state index in [0.29, 0.717) is 0 Å². The zero-order valence-corrected chi connectivity index (χ0v) is 11.7. The van der Waals surface area contributed by atoms with Crippen molar-refractivity contribution in [3.8, 4) is 0 Å². The van der Waals surface area contributed by atoms with Crippen LogP contribution in [-0.2, 0) is 0 Å². The second kappa shape index (κ2) is 6.38. The van der Waals surface area contributed by atoms with Crippen LogP contribution in [0.4, 0.5) is 11.4 Å². The molecule has 0 amide bonds. The summed E-state index contributed by atoms with van der Waals surface area (Å²) in [4.78, 5) is 6.55. The normalized spacial score (nSPS) is 11.1. The van der Waals surface area contributed by atoms with Crippen LogP contribution in [-0.4, -0.2) is 37.1 Å². The fourth-order valence-corrected chi connectivity index (χ4v) is 2.13. The number of nitrogens with one attached hydrogen (secondary N) is 1. The van der Waals surface area contributed by atoms with E-state index in [-0.39, 0.29) is 0 Å². The van der Waals surface area contributed by atoms with Crippen LogP contribution >= 0.6 is 0 Å². The molecule has 1 aromatic carbocycles. The van der Waals surface area contributed by atoms with Crippen molar-refractivity contribution in [1.29, 1.82) is 0 Å². The minimum absolute atomic E-state index is 0.730. The average Bonchev–Trinajstić information content (AvgIpc) is 2.39. The van der Waals surface area contributed by atoms with Gasteiger partial charge in [-0.3, -0.25) is 4.98 Å². The predicted molar refractivity (Wildman–Crippen MR) is 82.4 cm³/mol. The van der Waals surface area contributed by atoms with Gasteiger partial charge in [0.25, 0.3) is 0 Å². The first kappa shape index (κ1) is 13.6. The first-order valence-electron chi connectivity index (χ1n) is 6.70. The second-order valence-electron chi connectivity index (χ2n) is 5.04. The van der Waals surface area contributed by atoms with Crippen molar-refractivity contribution < 1.29 is 0 Å². The standard InChI is InChI=1S/C15H22N4/c1-19(2)11-4-3-9-17-14-8-10-18-15-12(14)6-5-7-13(15)16/h5-8,10H,3-4,9,11,16H2,1-2H3,(H,17,18). The smallest absolute Gasteiger partial charge is 0.0951 e. The maximum atomic E-state index is 5.94. The van der Waals surface area contributed by atoms with Gasteiger partial charge in [-0.05, 0) is 45.6 Å². The van der Waals surface area contributed by atoms with Crippen molar-refractivity contribution >= 4 is 22.3 Å². The summed E-state index contributed by atoms with van der Waals surface area (Å²) in [6.07, 6.45) is 4.16. The first-order chi connectivity index (χ1) is 9.18. The third-order valence-electron chi connectivity index (χ3n) is 3.15. The van der Waals surface area contributed by atoms with Crippen LogP contribution in [0.15, 0.2) is 30.5 Å². The van der Waals surface area contributed by atoms with Crippen molar-refractivity contribution in [2.45, 2.75) is 12.8 Å². The molecule has 2 rings (SSSR count). The number of nitrogens with zero attached hydrogens (tertiary/aromatic N) is 2. The lowest BCUT2D eigenvalue weighted by Crippen LogP contribution is -2.14. The molecule has 0 spiro atoms. The molecule has 4 heteroatoms. The van der Waals surface area contributed by atoms with E-state index in [0.717, 1.165) is 41.8 Å². The van der Waals surface area contributed by atoms with Gasteiger partial charge in [0.1, 0.15) is 0 Å². The third-order valence-corrected chi connectivity index (χ3v) is 3.15. The number of hydrogen-bond donors (Lipinski definition) is 2. The summed E-state index contributed by atoms with van der Waals surface area (Å²) < 4.78 is 0. The highest BCUT2D eigenvalue weighted by atomic mass is 15.0. The fraction of sp³-hybridized carbons (Fsp3) is 0.400. The van der Waals surface area contributed by atoms with Crippen molar-refractivity contribution in [2.75, 3.05) is 38.2 Å². The molecule has 2 aromatic rings. The lowest BCUT2D eigenvalue weighted by molar-refractivity contribution is 0.396. The maximum absolute atomic E-state index is 5.94. The zero-order valence-electron chi connectivity index (χ0n) is 11.7. The number of anilines is 2. The Labute approximate surface area is 114 Å². The number of benzene rings is 1. The number of hydrogen-bond acceptors (Lipinski definition) is 4. The van der Waals surface area contributed by atoms with Crippen LogP contribution in [0.3, 0.4) is 0 Å². The Balaban J connectivity index is 1.99. The molecular formula is C15H22N4. The number of nitrogens with two attached hydrogens (primary N) is 1. The molecule has 0 atom stereocenters. The van der Waals surface area contributed by atoms with Gasteiger partial charge < -0.3 is 16.0 Å². The first-order valence-corrected chi connectivity index (χ1v) is 6.70. The summed E-state index contributed by atoms with van der Waals surface area (Å²) in [6, 6.07) is 7.92. The summed E-state index contributed by atoms with van der Waals surface area (Å²) in [6.45, 7) is 2.10. The molecule has 1 heterocycles. The Bertz CT molecular complexity index is 537. The monoisotopic (exact) mass is 258 g/mol. The third kappa shape index (κ3) is 3.58. The molecule has 0 saturated carbocycles. The van der Waals surface area contributed by atoms with Gasteiger partial charge in [0.15, 0.2) is 0 Å². The van der Waals surface area contributed by atoms with Crippen LogP contribution in [0.1, 0.15) is 12.8 Å². The molecule has 0 bridgehead atoms. The van der Waals surface area contributed by atoms with Crippen LogP contribution in [0.5, 0.6) is 0 Å². The van der Waals surface area contributed by atoms with E-state index >= 15 is 0 Å². The molecule has 4 nitrogen and oxygen atoms in total. The Kier molecular flexibility index (Phi) is 4.58. The van der Waals surface area contributed by atoms with Gasteiger partial charge in [-0.25, -0.2) is 0 Å². The van der Waals surface area contributed by atoms with E-state index in [2.05, 4.69) is 35.4 Å². The minimum Gasteiger partial charge on any atom is -0.397 e. The summed E-state index contributed by atoms with van der Waals surface area (Å²) >= 11 is 0. The Morgan fingerprint density at radius 3 is 2.84 bits per heavy atom. The minimum atomic E-state index is 0.730. The summed E-state index contributed by atoms with van der Waals surface area (Å²) in [7, 11) is 4.21. The Morgan fingerprint density at radius 1 is 1.21 bits per heavy atom. The van der Waals surface area contributed by atoms with E-state index in [1.54, 1.807) is 6.20 Å². The van der Waals surface area contributed by atoms with Crippen LogP contribution in [0.2, 0.25) is 0 Å². The van der Waals surface area contributed by atoms with Gasteiger partial charge in [0.05, 0.1) is 11.2 Å². The van der Waals surface area contributed by atoms with Crippen LogP contribution < -0.4 is 11.1 Å². The van der Waals surface area contributed by atoms with Crippen LogP contribution in [0.25, 0.3) is 10.9 Å². The van der Waals surface area contributed by atoms with Gasteiger partial charge in [-0.1, -0.05) is 12.1 Å². The van der Waals surface area contributed by atoms with Gasteiger partial charge in [0.2, 0.25) is 0 Å². The van der Waals surface area contributed by atoms with Gasteiger partial charge in [0, 0.05) is 23.8 Å². The summed E-state index contributed by atoms with van der Waals surface area (Å²) in [5, 5.41) is 4.57. The lowest BCUT2D eigenvalue weighted by Gasteiger charge is -2.12. The van der Waals surface area contributed by atoms with Gasteiger partial charge in [-0.15, -0.1) is 0 Å². The average molecular weight is 258 g/mol. The number of pyridine rings is 1. The molecule has 1 aromatic heterocycles. The van der Waals surface area contributed by atoms with Crippen LogP contribution in [0, 0.1) is 0 Å². The van der Waals surface area contributed by atoms with E-state index in [4.69, 9.17) is 5.73 Å². The van der Waals surface area contributed by atoms with Crippen molar-refractivity contribution in [3.63, 3.8) is 0 Å². The summed E-state index contributed by atoms with van der Waals surface area (Å²) in [5.41, 5.74) is 8.66. The lowest BCUT2D eigenvalue weighted by atomic mass is 10.1. The molecule has 0 aliphatic rings. The van der Waals surface area contributed by atoms with Crippen molar-refractivity contribution in [3.05, 3.63) is 30.5 Å². The number of rotatable bonds is 6. The SMILES string of the molecule is CN(C)CCCCNc1ccnc2c(N)cccc12. The molecule has 0 saturated heterocycles. The number of para-hydroxylation sites is 1. The van der Waals surface area contributed by atoms with E-state index in [9.17, 15) is 0 Å². The molecule has 0 aliphatic heterocycles. The predicted octanol–water partition coefficient (Wildman–Crippen LogP) is 2.57. The number of fused-ring (bicyclic) bond motifs is 1. The number of aromatic nitrogens is 1. The van der Waals surface area contributed by atoms with E-state index in [1.165, 1.54) is 6.42 Å². The molecule has 3 N–H and O–H groups in total. The molecule has 102 valence electrons. The molecule has 19 heavy (non-hydrogen) atoms. The summed E-state index contributed by atoms with van der Waals surface area (Å²) in [5.74, 6) is 0. The fourth-order valence-electron chi connectivity index (χ4n) is 2.13. The topological polar surface area (TPSA) is 54.2 Å². The highest BCUT2D eigenvalue weighted by Crippen LogP contribution is 2.25. The maximum Gasteiger partial charge on any atom is 0.0951 e. The number of nitrogen functional groups attached to an aromatic ring is 1. The second-order valence-corrected chi connectivity index (χ2v) is 5.04. The largest absolute Gasteiger partial charge is 0.397 e. The van der Waals surface area contributed by atoms with Gasteiger partial charge >= 0.3 is 0 Å². The van der Waals surface area contributed by atoms with Gasteiger partial charge in [-0.2, -0.15) is 0 Å². The highest BCUT2D eigenvalue weighted by Gasteiger charge is 2.03. The Hall–Kier alpha value is -1.81. The zero-order chi connectivity index (χ0) is 13.7. The molecule has 0 unspecified atom stereocenters. The van der Waals surface area contributed by atoms with Crippen molar-refractivity contribution in [1.82, 2.24) is 9.88 Å². The quantitative estimate of drug-likeness (QED) is 0.617. The number of unbranched alkanes of at least 4 members (excludes halogenated alkanes) is 1. The van der Waals surface area contributed by atoms with E-state index < -0.39 is 0 Å². The molecule has 0 aliphatic carbocycles. The Morgan fingerprint density at radius 2 is 2.05 bits per heavy atom. The van der Waals surface area contributed by atoms with E-state index in [1.807, 2.05) is 18.2 Å².